The van der Waals surface area contributed by atoms with E-state index in [0.29, 0.717) is 18.3 Å². The normalized spacial score (nSPS) is 32.2. The molecule has 2 aliphatic heterocycles. The number of amides is 1. The number of rotatable bonds is 1. The first-order valence-corrected chi connectivity index (χ1v) is 11.3. The molecule has 0 saturated heterocycles. The Bertz CT molecular complexity index is 1080. The summed E-state index contributed by atoms with van der Waals surface area (Å²) >= 11 is 0. The largest absolute Gasteiger partial charge is 0.487 e. The Morgan fingerprint density at radius 1 is 1.10 bits per heavy atom. The third kappa shape index (κ3) is 3.13. The van der Waals surface area contributed by atoms with E-state index in [0.717, 1.165) is 35.3 Å². The zero-order valence-corrected chi connectivity index (χ0v) is 18.8. The summed E-state index contributed by atoms with van der Waals surface area (Å²) < 4.78 is 6.74. The number of aliphatic imine (C=N–C) groups is 1. The highest BCUT2D eigenvalue weighted by atomic mass is 16.5. The van der Waals surface area contributed by atoms with Gasteiger partial charge in [-0.15, -0.1) is 0 Å². The van der Waals surface area contributed by atoms with Crippen LogP contribution in [0.25, 0.3) is 11.1 Å². The molecule has 3 atom stereocenters. The van der Waals surface area contributed by atoms with E-state index >= 15 is 0 Å². The third-order valence-electron chi connectivity index (χ3n) is 7.23. The molecule has 2 spiro atoms. The number of hydrogen-bond donors (Lipinski definition) is 1. The highest BCUT2D eigenvalue weighted by molar-refractivity contribution is 6.07. The second kappa shape index (κ2) is 6.84. The van der Waals surface area contributed by atoms with Crippen LogP contribution < -0.4 is 10.5 Å². The lowest BCUT2D eigenvalue weighted by atomic mass is 9.65. The Morgan fingerprint density at radius 2 is 1.81 bits per heavy atom. The molecular weight excluding hydrogens is 386 g/mol. The lowest BCUT2D eigenvalue weighted by Crippen LogP contribution is -2.54. The monoisotopic (exact) mass is 417 g/mol. The number of nitrogens with two attached hydrogens (primary N) is 1. The summed E-state index contributed by atoms with van der Waals surface area (Å²) in [5.74, 6) is 2.09. The van der Waals surface area contributed by atoms with Gasteiger partial charge in [0.2, 0.25) is 0 Å². The van der Waals surface area contributed by atoms with E-state index in [2.05, 4.69) is 57.2 Å². The zero-order valence-electron chi connectivity index (χ0n) is 18.8. The van der Waals surface area contributed by atoms with Crippen molar-refractivity contribution < 1.29 is 9.53 Å². The van der Waals surface area contributed by atoms with Crippen LogP contribution in [0, 0.1) is 18.8 Å². The Labute approximate surface area is 184 Å². The standard InChI is InChI=1S/C26H31N3O2/c1-16-6-5-7-19(11-16)20-8-9-22-21(12-20)26(23(30)29(4)24(27)28-26)15-25(31-22)13-17(2)10-18(3)14-25/h5-9,11-12,17-18H,10,13-15H2,1-4H3,(H2,27,28). The van der Waals surface area contributed by atoms with Gasteiger partial charge in [-0.2, -0.15) is 0 Å². The zero-order chi connectivity index (χ0) is 22.0. The molecule has 2 aromatic rings. The lowest BCUT2D eigenvalue weighted by molar-refractivity contribution is -0.136. The fourth-order valence-electron chi connectivity index (χ4n) is 6.20. The van der Waals surface area contributed by atoms with Crippen molar-refractivity contribution in [3.63, 3.8) is 0 Å². The molecule has 1 fully saturated rings. The first-order valence-electron chi connectivity index (χ1n) is 11.3. The summed E-state index contributed by atoms with van der Waals surface area (Å²) in [6.07, 6.45) is 3.61. The minimum Gasteiger partial charge on any atom is -0.487 e. The van der Waals surface area contributed by atoms with Gasteiger partial charge < -0.3 is 10.5 Å². The van der Waals surface area contributed by atoms with E-state index in [1.165, 1.54) is 16.9 Å². The number of aryl methyl sites for hydroxylation is 1. The molecule has 31 heavy (non-hydrogen) atoms. The quantitative estimate of drug-likeness (QED) is 0.736. The van der Waals surface area contributed by atoms with Gasteiger partial charge in [0.05, 0.1) is 0 Å². The Kier molecular flexibility index (Phi) is 4.44. The smallest absolute Gasteiger partial charge is 0.261 e. The predicted molar refractivity (Wildman–Crippen MR) is 123 cm³/mol. The van der Waals surface area contributed by atoms with Gasteiger partial charge in [-0.05, 0) is 61.3 Å². The highest BCUT2D eigenvalue weighted by Gasteiger charge is 2.59. The van der Waals surface area contributed by atoms with Gasteiger partial charge in [0.15, 0.2) is 11.5 Å². The fraction of sp³-hybridized carbons (Fsp3) is 0.462. The molecule has 162 valence electrons. The second-order valence-corrected chi connectivity index (χ2v) is 10.1. The maximum absolute atomic E-state index is 13.6. The molecule has 5 nitrogen and oxygen atoms in total. The van der Waals surface area contributed by atoms with Crippen LogP contribution in [0.1, 0.15) is 50.7 Å². The summed E-state index contributed by atoms with van der Waals surface area (Å²) in [5, 5.41) is 0. The van der Waals surface area contributed by atoms with Crippen LogP contribution in [-0.4, -0.2) is 29.4 Å². The fourth-order valence-corrected chi connectivity index (χ4v) is 6.20. The Hall–Kier alpha value is -2.82. The molecule has 1 aliphatic carbocycles. The van der Waals surface area contributed by atoms with Gasteiger partial charge in [0.1, 0.15) is 11.4 Å². The summed E-state index contributed by atoms with van der Waals surface area (Å²) in [6, 6.07) is 14.6. The molecule has 2 N–H and O–H groups in total. The van der Waals surface area contributed by atoms with Crippen molar-refractivity contribution in [1.82, 2.24) is 4.90 Å². The molecule has 0 radical (unpaired) electrons. The Balaban J connectivity index is 1.68. The number of fused-ring (bicyclic) bond motifs is 2. The molecule has 5 rings (SSSR count). The van der Waals surface area contributed by atoms with E-state index in [4.69, 9.17) is 15.5 Å². The van der Waals surface area contributed by atoms with E-state index in [-0.39, 0.29) is 17.5 Å². The first-order chi connectivity index (χ1) is 14.7. The molecule has 3 aliphatic rings. The SMILES string of the molecule is Cc1cccc(-c2ccc3c(c2)C2(CC4(CC(C)CC(C)C4)O3)N=C(N)N(C)C2=O)c1. The van der Waals surface area contributed by atoms with Crippen LogP contribution in [0.2, 0.25) is 0 Å². The van der Waals surface area contributed by atoms with Crippen molar-refractivity contribution in [2.24, 2.45) is 22.6 Å². The van der Waals surface area contributed by atoms with Gasteiger partial charge >= 0.3 is 0 Å². The molecule has 3 unspecified atom stereocenters. The van der Waals surface area contributed by atoms with Crippen molar-refractivity contribution in [2.75, 3.05) is 7.05 Å². The summed E-state index contributed by atoms with van der Waals surface area (Å²) in [7, 11) is 1.72. The van der Waals surface area contributed by atoms with E-state index in [1.54, 1.807) is 7.05 Å². The van der Waals surface area contributed by atoms with E-state index < -0.39 is 5.54 Å². The van der Waals surface area contributed by atoms with Crippen molar-refractivity contribution in [3.8, 4) is 16.9 Å². The second-order valence-electron chi connectivity index (χ2n) is 10.1. The van der Waals surface area contributed by atoms with Crippen molar-refractivity contribution in [1.29, 1.82) is 0 Å². The van der Waals surface area contributed by atoms with Crippen molar-refractivity contribution >= 4 is 11.9 Å². The number of guanidine groups is 1. The summed E-state index contributed by atoms with van der Waals surface area (Å²) in [6.45, 7) is 6.65. The third-order valence-corrected chi connectivity index (χ3v) is 7.23. The number of hydrogen-bond acceptors (Lipinski definition) is 4. The van der Waals surface area contributed by atoms with Crippen LogP contribution in [0.3, 0.4) is 0 Å². The summed E-state index contributed by atoms with van der Waals surface area (Å²) in [4.78, 5) is 19.9. The molecule has 0 bridgehead atoms. The predicted octanol–water partition coefficient (Wildman–Crippen LogP) is 4.62. The number of carbonyl (C=O) groups is 1. The first kappa shape index (κ1) is 20.1. The van der Waals surface area contributed by atoms with Crippen LogP contribution in [0.15, 0.2) is 47.5 Å². The lowest BCUT2D eigenvalue weighted by Gasteiger charge is -2.49. The molecule has 1 amide bonds. The van der Waals surface area contributed by atoms with Gasteiger partial charge in [-0.1, -0.05) is 49.7 Å². The molecule has 5 heteroatoms. The van der Waals surface area contributed by atoms with E-state index in [9.17, 15) is 4.79 Å². The van der Waals surface area contributed by atoms with Gasteiger partial charge in [-0.3, -0.25) is 9.69 Å². The molecule has 0 aromatic heterocycles. The van der Waals surface area contributed by atoms with Gasteiger partial charge in [0, 0.05) is 19.0 Å². The molecule has 1 saturated carbocycles. The topological polar surface area (TPSA) is 67.9 Å². The maximum atomic E-state index is 13.6. The molecule has 2 heterocycles. The number of ether oxygens (including phenoxy) is 1. The number of benzene rings is 2. The number of likely N-dealkylation sites (N-methyl/N-ethyl adjacent to an activating group) is 1. The van der Waals surface area contributed by atoms with Crippen LogP contribution in [0.5, 0.6) is 5.75 Å². The number of carbonyl (C=O) groups excluding carboxylic acids is 1. The number of nitrogens with zero attached hydrogens (tertiary/aromatic N) is 2. The van der Waals surface area contributed by atoms with Crippen LogP contribution in [-0.2, 0) is 10.3 Å². The summed E-state index contributed by atoms with van der Waals surface area (Å²) in [5.41, 5.74) is 9.00. The van der Waals surface area contributed by atoms with Crippen LogP contribution >= 0.6 is 0 Å². The average molecular weight is 418 g/mol. The van der Waals surface area contributed by atoms with Gasteiger partial charge in [-0.25, -0.2) is 4.99 Å². The minimum atomic E-state index is -1.01. The maximum Gasteiger partial charge on any atom is 0.261 e. The van der Waals surface area contributed by atoms with Crippen LogP contribution in [0.4, 0.5) is 0 Å². The van der Waals surface area contributed by atoms with Gasteiger partial charge in [0.25, 0.3) is 5.91 Å². The molecule has 2 aromatic carbocycles. The Morgan fingerprint density at radius 3 is 2.45 bits per heavy atom. The average Bonchev–Trinajstić information content (AvgIpc) is 2.91. The molecular formula is C26H31N3O2. The highest BCUT2D eigenvalue weighted by Crippen LogP contribution is 2.55. The van der Waals surface area contributed by atoms with Crippen molar-refractivity contribution in [2.45, 2.75) is 57.6 Å². The van der Waals surface area contributed by atoms with Crippen molar-refractivity contribution in [3.05, 3.63) is 53.6 Å². The van der Waals surface area contributed by atoms with E-state index in [1.807, 2.05) is 6.07 Å². The minimum absolute atomic E-state index is 0.0544.